The minimum Gasteiger partial charge on any atom is -0.356 e. The van der Waals surface area contributed by atoms with Crippen molar-refractivity contribution < 1.29 is 0 Å². The predicted octanol–water partition coefficient (Wildman–Crippen LogP) is 2.92. The SMILES string of the molecule is CCCNc1nccc(N2CCC(CC)CC2)n1. The molecule has 1 aliphatic heterocycles. The van der Waals surface area contributed by atoms with Crippen LogP contribution < -0.4 is 10.2 Å². The summed E-state index contributed by atoms with van der Waals surface area (Å²) in [5.74, 6) is 2.73. The molecule has 0 bridgehead atoms. The van der Waals surface area contributed by atoms with Gasteiger partial charge in [-0.1, -0.05) is 20.3 Å². The van der Waals surface area contributed by atoms with Crippen LogP contribution in [0.5, 0.6) is 0 Å². The molecule has 1 aromatic heterocycles. The standard InChI is InChI=1S/C14H24N4/c1-3-8-15-14-16-9-5-13(17-14)18-10-6-12(4-2)7-11-18/h5,9,12H,3-4,6-8,10-11H2,1-2H3,(H,15,16,17). The van der Waals surface area contributed by atoms with Gasteiger partial charge in [-0.2, -0.15) is 4.98 Å². The van der Waals surface area contributed by atoms with Crippen molar-refractivity contribution in [2.45, 2.75) is 39.5 Å². The van der Waals surface area contributed by atoms with Gasteiger partial charge in [0.1, 0.15) is 5.82 Å². The average Bonchev–Trinajstić information content (AvgIpc) is 2.45. The highest BCUT2D eigenvalue weighted by Crippen LogP contribution is 2.23. The first kappa shape index (κ1) is 13.1. The first-order valence-electron chi connectivity index (χ1n) is 7.15. The van der Waals surface area contributed by atoms with Crippen LogP contribution >= 0.6 is 0 Å². The molecule has 0 aromatic carbocycles. The Kier molecular flexibility index (Phi) is 4.79. The van der Waals surface area contributed by atoms with E-state index in [1.165, 1.54) is 19.3 Å². The van der Waals surface area contributed by atoms with Gasteiger partial charge in [-0.25, -0.2) is 4.98 Å². The van der Waals surface area contributed by atoms with Crippen molar-refractivity contribution in [2.75, 3.05) is 29.9 Å². The first-order chi connectivity index (χ1) is 8.83. The maximum Gasteiger partial charge on any atom is 0.224 e. The van der Waals surface area contributed by atoms with Crippen LogP contribution in [-0.4, -0.2) is 29.6 Å². The van der Waals surface area contributed by atoms with Crippen molar-refractivity contribution in [2.24, 2.45) is 5.92 Å². The monoisotopic (exact) mass is 248 g/mol. The Morgan fingerprint density at radius 1 is 1.33 bits per heavy atom. The largest absolute Gasteiger partial charge is 0.356 e. The summed E-state index contributed by atoms with van der Waals surface area (Å²) in [4.78, 5) is 11.2. The van der Waals surface area contributed by atoms with Crippen LogP contribution in [-0.2, 0) is 0 Å². The zero-order valence-electron chi connectivity index (χ0n) is 11.5. The number of aromatic nitrogens is 2. The lowest BCUT2D eigenvalue weighted by Crippen LogP contribution is -2.34. The third-order valence-electron chi connectivity index (χ3n) is 3.69. The highest BCUT2D eigenvalue weighted by atomic mass is 15.2. The molecule has 0 atom stereocenters. The smallest absolute Gasteiger partial charge is 0.224 e. The molecule has 0 aliphatic carbocycles. The molecule has 1 aliphatic rings. The second-order valence-corrected chi connectivity index (χ2v) is 5.00. The average molecular weight is 248 g/mol. The lowest BCUT2D eigenvalue weighted by Gasteiger charge is -2.32. The van der Waals surface area contributed by atoms with Crippen molar-refractivity contribution in [3.63, 3.8) is 0 Å². The van der Waals surface area contributed by atoms with Gasteiger partial charge >= 0.3 is 0 Å². The molecular formula is C14H24N4. The van der Waals surface area contributed by atoms with E-state index in [1.54, 1.807) is 0 Å². The summed E-state index contributed by atoms with van der Waals surface area (Å²) in [6, 6.07) is 2.02. The fourth-order valence-electron chi connectivity index (χ4n) is 2.42. The molecule has 2 heterocycles. The third-order valence-corrected chi connectivity index (χ3v) is 3.69. The normalized spacial score (nSPS) is 16.9. The number of anilines is 2. The summed E-state index contributed by atoms with van der Waals surface area (Å²) < 4.78 is 0. The fourth-order valence-corrected chi connectivity index (χ4v) is 2.42. The third kappa shape index (κ3) is 3.34. The zero-order valence-corrected chi connectivity index (χ0v) is 11.5. The number of piperidine rings is 1. The molecular weight excluding hydrogens is 224 g/mol. The molecule has 0 spiro atoms. The molecule has 4 nitrogen and oxygen atoms in total. The minimum atomic E-state index is 0.756. The van der Waals surface area contributed by atoms with Crippen LogP contribution in [0.4, 0.5) is 11.8 Å². The summed E-state index contributed by atoms with van der Waals surface area (Å²) >= 11 is 0. The van der Waals surface area contributed by atoms with Gasteiger partial charge < -0.3 is 10.2 Å². The second kappa shape index (κ2) is 6.57. The van der Waals surface area contributed by atoms with Crippen LogP contribution in [0, 0.1) is 5.92 Å². The number of nitrogens with one attached hydrogen (secondary N) is 1. The summed E-state index contributed by atoms with van der Waals surface area (Å²) in [6.07, 6.45) is 6.83. The molecule has 0 unspecified atom stereocenters. The van der Waals surface area contributed by atoms with E-state index in [0.717, 1.165) is 43.7 Å². The van der Waals surface area contributed by atoms with Crippen LogP contribution in [0.1, 0.15) is 39.5 Å². The van der Waals surface area contributed by atoms with Crippen LogP contribution in [0.3, 0.4) is 0 Å². The first-order valence-corrected chi connectivity index (χ1v) is 7.15. The maximum absolute atomic E-state index is 4.59. The molecule has 0 saturated carbocycles. The Balaban J connectivity index is 1.96. The molecule has 100 valence electrons. The van der Waals surface area contributed by atoms with Gasteiger partial charge in [-0.3, -0.25) is 0 Å². The van der Waals surface area contributed by atoms with E-state index in [9.17, 15) is 0 Å². The van der Waals surface area contributed by atoms with E-state index in [2.05, 4.69) is 34.0 Å². The molecule has 0 amide bonds. The molecule has 2 rings (SSSR count). The summed E-state index contributed by atoms with van der Waals surface area (Å²) in [7, 11) is 0. The van der Waals surface area contributed by atoms with Crippen LogP contribution in [0.15, 0.2) is 12.3 Å². The Morgan fingerprint density at radius 2 is 2.11 bits per heavy atom. The van der Waals surface area contributed by atoms with Gasteiger partial charge in [0.25, 0.3) is 0 Å². The van der Waals surface area contributed by atoms with E-state index in [1.807, 2.05) is 12.3 Å². The summed E-state index contributed by atoms with van der Waals surface area (Å²) in [6.45, 7) is 7.62. The van der Waals surface area contributed by atoms with E-state index < -0.39 is 0 Å². The predicted molar refractivity (Wildman–Crippen MR) is 76.0 cm³/mol. The maximum atomic E-state index is 4.59. The Bertz CT molecular complexity index is 359. The van der Waals surface area contributed by atoms with Gasteiger partial charge in [0.05, 0.1) is 0 Å². The minimum absolute atomic E-state index is 0.756. The number of hydrogen-bond acceptors (Lipinski definition) is 4. The second-order valence-electron chi connectivity index (χ2n) is 5.00. The molecule has 4 heteroatoms. The van der Waals surface area contributed by atoms with Crippen molar-refractivity contribution in [3.8, 4) is 0 Å². The number of rotatable bonds is 5. The van der Waals surface area contributed by atoms with Crippen LogP contribution in [0.2, 0.25) is 0 Å². The summed E-state index contributed by atoms with van der Waals surface area (Å²) in [5.41, 5.74) is 0. The Hall–Kier alpha value is -1.32. The highest BCUT2D eigenvalue weighted by Gasteiger charge is 2.18. The topological polar surface area (TPSA) is 41.1 Å². The quantitative estimate of drug-likeness (QED) is 0.870. The molecule has 1 aromatic rings. The zero-order chi connectivity index (χ0) is 12.8. The van der Waals surface area contributed by atoms with Crippen LogP contribution in [0.25, 0.3) is 0 Å². The Labute approximate surface area is 110 Å². The molecule has 0 radical (unpaired) electrons. The van der Waals surface area contributed by atoms with E-state index in [0.29, 0.717) is 0 Å². The van der Waals surface area contributed by atoms with Crippen molar-refractivity contribution in [1.29, 1.82) is 0 Å². The number of hydrogen-bond donors (Lipinski definition) is 1. The van der Waals surface area contributed by atoms with Gasteiger partial charge in [-0.05, 0) is 31.2 Å². The Morgan fingerprint density at radius 3 is 2.78 bits per heavy atom. The van der Waals surface area contributed by atoms with E-state index in [-0.39, 0.29) is 0 Å². The van der Waals surface area contributed by atoms with Crippen molar-refractivity contribution in [3.05, 3.63) is 12.3 Å². The lowest BCUT2D eigenvalue weighted by atomic mass is 9.94. The molecule has 18 heavy (non-hydrogen) atoms. The van der Waals surface area contributed by atoms with Gasteiger partial charge in [0, 0.05) is 25.8 Å². The fraction of sp³-hybridized carbons (Fsp3) is 0.714. The molecule has 1 N–H and O–H groups in total. The molecule has 1 fully saturated rings. The lowest BCUT2D eigenvalue weighted by molar-refractivity contribution is 0.394. The summed E-state index contributed by atoms with van der Waals surface area (Å²) in [5, 5.41) is 3.24. The van der Waals surface area contributed by atoms with E-state index in [4.69, 9.17) is 0 Å². The van der Waals surface area contributed by atoms with Crippen molar-refractivity contribution in [1.82, 2.24) is 9.97 Å². The van der Waals surface area contributed by atoms with E-state index >= 15 is 0 Å². The number of nitrogens with zero attached hydrogens (tertiary/aromatic N) is 3. The van der Waals surface area contributed by atoms with Gasteiger partial charge in [0.2, 0.25) is 5.95 Å². The molecule has 1 saturated heterocycles. The van der Waals surface area contributed by atoms with Gasteiger partial charge in [-0.15, -0.1) is 0 Å². The highest BCUT2D eigenvalue weighted by molar-refractivity contribution is 5.42. The van der Waals surface area contributed by atoms with Crippen molar-refractivity contribution >= 4 is 11.8 Å². The van der Waals surface area contributed by atoms with Gasteiger partial charge in [0.15, 0.2) is 0 Å².